The van der Waals surface area contributed by atoms with Gasteiger partial charge in [0.2, 0.25) is 0 Å². The number of halogens is 1. The maximum absolute atomic E-state index is 13.1. The highest BCUT2D eigenvalue weighted by Crippen LogP contribution is 2.16. The zero-order valence-electron chi connectivity index (χ0n) is 9.58. The van der Waals surface area contributed by atoms with Crippen molar-refractivity contribution >= 4 is 0 Å². The molecule has 1 saturated heterocycles. The molecule has 0 aromatic heterocycles. The van der Waals surface area contributed by atoms with Crippen molar-refractivity contribution in [2.75, 3.05) is 13.2 Å². The Balaban J connectivity index is 1.94. The quantitative estimate of drug-likeness (QED) is 0.850. The molecule has 0 amide bonds. The average molecular weight is 223 g/mol. The highest BCUT2D eigenvalue weighted by Gasteiger charge is 2.16. The molecule has 1 heterocycles. The van der Waals surface area contributed by atoms with Crippen molar-refractivity contribution in [3.8, 4) is 0 Å². The first-order valence-corrected chi connectivity index (χ1v) is 5.85. The second-order valence-corrected chi connectivity index (χ2v) is 4.36. The van der Waals surface area contributed by atoms with Crippen molar-refractivity contribution in [1.29, 1.82) is 0 Å². The van der Waals surface area contributed by atoms with Crippen LogP contribution < -0.4 is 5.32 Å². The topological polar surface area (TPSA) is 21.3 Å². The van der Waals surface area contributed by atoms with Crippen LogP contribution in [0.2, 0.25) is 0 Å². The molecule has 0 saturated carbocycles. The van der Waals surface area contributed by atoms with E-state index < -0.39 is 0 Å². The van der Waals surface area contributed by atoms with E-state index in [4.69, 9.17) is 4.74 Å². The molecule has 2 nitrogen and oxygen atoms in total. The van der Waals surface area contributed by atoms with Gasteiger partial charge in [0.15, 0.2) is 0 Å². The number of ether oxygens (including phenoxy) is 1. The lowest BCUT2D eigenvalue weighted by Crippen LogP contribution is -2.38. The summed E-state index contributed by atoms with van der Waals surface area (Å²) >= 11 is 0. The van der Waals surface area contributed by atoms with Gasteiger partial charge in [-0.15, -0.1) is 0 Å². The highest BCUT2D eigenvalue weighted by molar-refractivity contribution is 5.19. The Hall–Kier alpha value is -0.930. The van der Waals surface area contributed by atoms with E-state index in [1.54, 1.807) is 12.1 Å². The van der Waals surface area contributed by atoms with E-state index in [0.29, 0.717) is 6.04 Å². The van der Waals surface area contributed by atoms with Crippen LogP contribution in [0.1, 0.15) is 31.4 Å². The normalized spacial score (nSPS) is 23.0. The Morgan fingerprint density at radius 1 is 1.50 bits per heavy atom. The SMILES string of the molecule is C[C@@H](NC1CCCOC1)c1cccc(F)c1. The summed E-state index contributed by atoms with van der Waals surface area (Å²) in [5.41, 5.74) is 0.991. The average Bonchev–Trinajstić information content (AvgIpc) is 2.30. The van der Waals surface area contributed by atoms with Gasteiger partial charge in [0.1, 0.15) is 5.82 Å². The second kappa shape index (κ2) is 5.41. The summed E-state index contributed by atoms with van der Waals surface area (Å²) < 4.78 is 18.5. The highest BCUT2D eigenvalue weighted by atomic mass is 19.1. The molecule has 1 aromatic carbocycles. The summed E-state index contributed by atoms with van der Waals surface area (Å²) in [5.74, 6) is -0.175. The van der Waals surface area contributed by atoms with Gasteiger partial charge in [-0.3, -0.25) is 0 Å². The van der Waals surface area contributed by atoms with Crippen LogP contribution in [0.3, 0.4) is 0 Å². The lowest BCUT2D eigenvalue weighted by molar-refractivity contribution is 0.0671. The Morgan fingerprint density at radius 2 is 2.38 bits per heavy atom. The molecule has 2 atom stereocenters. The molecule has 1 aliphatic rings. The minimum absolute atomic E-state index is 0.169. The van der Waals surface area contributed by atoms with Crippen LogP contribution in [0.5, 0.6) is 0 Å². The third kappa shape index (κ3) is 3.03. The minimum atomic E-state index is -0.175. The van der Waals surface area contributed by atoms with Crippen LogP contribution in [0.15, 0.2) is 24.3 Å². The fraction of sp³-hybridized carbons (Fsp3) is 0.538. The van der Waals surface area contributed by atoms with E-state index in [2.05, 4.69) is 12.2 Å². The lowest BCUT2D eigenvalue weighted by Gasteiger charge is -2.27. The van der Waals surface area contributed by atoms with Crippen molar-refractivity contribution in [2.45, 2.75) is 31.8 Å². The Bertz CT molecular complexity index is 336. The number of nitrogens with one attached hydrogen (secondary N) is 1. The Labute approximate surface area is 95.8 Å². The van der Waals surface area contributed by atoms with E-state index in [-0.39, 0.29) is 11.9 Å². The van der Waals surface area contributed by atoms with Gasteiger partial charge >= 0.3 is 0 Å². The molecule has 1 aliphatic heterocycles. The predicted molar refractivity (Wildman–Crippen MR) is 61.8 cm³/mol. The maximum Gasteiger partial charge on any atom is 0.123 e. The monoisotopic (exact) mass is 223 g/mol. The molecule has 1 aromatic rings. The molecule has 0 radical (unpaired) electrons. The minimum Gasteiger partial charge on any atom is -0.380 e. The fourth-order valence-corrected chi connectivity index (χ4v) is 2.10. The number of hydrogen-bond acceptors (Lipinski definition) is 2. The second-order valence-electron chi connectivity index (χ2n) is 4.36. The van der Waals surface area contributed by atoms with Gasteiger partial charge in [-0.05, 0) is 37.5 Å². The molecular weight excluding hydrogens is 205 g/mol. The van der Waals surface area contributed by atoms with Crippen LogP contribution in [0.25, 0.3) is 0 Å². The van der Waals surface area contributed by atoms with Gasteiger partial charge in [0, 0.05) is 18.7 Å². The van der Waals surface area contributed by atoms with Gasteiger partial charge in [-0.25, -0.2) is 4.39 Å². The van der Waals surface area contributed by atoms with Crippen molar-refractivity contribution in [3.05, 3.63) is 35.6 Å². The van der Waals surface area contributed by atoms with Gasteiger partial charge in [0.05, 0.1) is 6.61 Å². The molecule has 2 rings (SSSR count). The van der Waals surface area contributed by atoms with Crippen molar-refractivity contribution < 1.29 is 9.13 Å². The molecule has 0 spiro atoms. The summed E-state index contributed by atoms with van der Waals surface area (Å²) in [6.07, 6.45) is 2.24. The Morgan fingerprint density at radius 3 is 3.06 bits per heavy atom. The van der Waals surface area contributed by atoms with Gasteiger partial charge in [-0.1, -0.05) is 12.1 Å². The molecule has 0 bridgehead atoms. The first-order valence-electron chi connectivity index (χ1n) is 5.85. The number of hydrogen-bond donors (Lipinski definition) is 1. The molecule has 1 N–H and O–H groups in total. The van der Waals surface area contributed by atoms with E-state index in [1.807, 2.05) is 6.07 Å². The zero-order valence-corrected chi connectivity index (χ0v) is 9.58. The molecule has 1 fully saturated rings. The fourth-order valence-electron chi connectivity index (χ4n) is 2.10. The first kappa shape index (κ1) is 11.6. The molecular formula is C13H18FNO. The third-order valence-electron chi connectivity index (χ3n) is 2.99. The first-order chi connectivity index (χ1) is 7.75. The Kier molecular flexibility index (Phi) is 3.91. The molecule has 16 heavy (non-hydrogen) atoms. The summed E-state index contributed by atoms with van der Waals surface area (Å²) in [7, 11) is 0. The zero-order chi connectivity index (χ0) is 11.4. The van der Waals surface area contributed by atoms with E-state index in [1.165, 1.54) is 6.07 Å². The maximum atomic E-state index is 13.1. The van der Waals surface area contributed by atoms with Crippen molar-refractivity contribution in [1.82, 2.24) is 5.32 Å². The largest absolute Gasteiger partial charge is 0.380 e. The van der Waals surface area contributed by atoms with Gasteiger partial charge in [0.25, 0.3) is 0 Å². The summed E-state index contributed by atoms with van der Waals surface area (Å²) in [4.78, 5) is 0. The van der Waals surface area contributed by atoms with E-state index in [0.717, 1.165) is 31.6 Å². The number of benzene rings is 1. The van der Waals surface area contributed by atoms with Crippen LogP contribution in [0, 0.1) is 5.82 Å². The van der Waals surface area contributed by atoms with Gasteiger partial charge in [-0.2, -0.15) is 0 Å². The lowest BCUT2D eigenvalue weighted by atomic mass is 10.0. The predicted octanol–water partition coefficient (Wildman–Crippen LogP) is 2.66. The summed E-state index contributed by atoms with van der Waals surface area (Å²) in [5, 5.41) is 3.47. The molecule has 3 heteroatoms. The summed E-state index contributed by atoms with van der Waals surface area (Å²) in [6.45, 7) is 3.69. The summed E-state index contributed by atoms with van der Waals surface area (Å²) in [6, 6.07) is 7.32. The van der Waals surface area contributed by atoms with Crippen molar-refractivity contribution in [3.63, 3.8) is 0 Å². The molecule has 88 valence electrons. The van der Waals surface area contributed by atoms with E-state index >= 15 is 0 Å². The van der Waals surface area contributed by atoms with Gasteiger partial charge < -0.3 is 10.1 Å². The van der Waals surface area contributed by atoms with Crippen molar-refractivity contribution in [2.24, 2.45) is 0 Å². The van der Waals surface area contributed by atoms with Crippen LogP contribution in [0.4, 0.5) is 4.39 Å². The molecule has 0 aliphatic carbocycles. The smallest absolute Gasteiger partial charge is 0.123 e. The van der Waals surface area contributed by atoms with Crippen LogP contribution >= 0.6 is 0 Å². The number of rotatable bonds is 3. The van der Waals surface area contributed by atoms with Crippen LogP contribution in [-0.2, 0) is 4.74 Å². The third-order valence-corrected chi connectivity index (χ3v) is 2.99. The molecule has 1 unspecified atom stereocenters. The van der Waals surface area contributed by atoms with Crippen LogP contribution in [-0.4, -0.2) is 19.3 Å². The standard InChI is InChI=1S/C13H18FNO/c1-10(11-4-2-5-12(14)8-11)15-13-6-3-7-16-9-13/h2,4-5,8,10,13,15H,3,6-7,9H2,1H3/t10-,13?/m1/s1. The van der Waals surface area contributed by atoms with E-state index in [9.17, 15) is 4.39 Å².